The van der Waals surface area contributed by atoms with E-state index in [4.69, 9.17) is 0 Å². The zero-order valence-electron chi connectivity index (χ0n) is 9.32. The Balaban J connectivity index is 2.76. The Morgan fingerprint density at radius 1 is 1.20 bits per heavy atom. The van der Waals surface area contributed by atoms with E-state index in [-0.39, 0.29) is 5.56 Å². The molecule has 15 heavy (non-hydrogen) atoms. The van der Waals surface area contributed by atoms with E-state index >= 15 is 0 Å². The number of aryl methyl sites for hydroxylation is 1. The van der Waals surface area contributed by atoms with Gasteiger partial charge in [0, 0.05) is 18.6 Å². The molecule has 0 atom stereocenters. The molecule has 0 saturated heterocycles. The zero-order valence-corrected chi connectivity index (χ0v) is 9.32. The summed E-state index contributed by atoms with van der Waals surface area (Å²) in [5, 5.41) is 1.83. The first-order chi connectivity index (χ1) is 7.09. The third-order valence-electron chi connectivity index (χ3n) is 2.77. The quantitative estimate of drug-likeness (QED) is 0.695. The topological polar surface area (TPSA) is 22.0 Å². The lowest BCUT2D eigenvalue weighted by Crippen LogP contribution is -2.15. The molecule has 78 valence electrons. The predicted molar refractivity (Wildman–Crippen MR) is 63.3 cm³/mol. The Bertz CT molecular complexity index is 552. The SMILES string of the molecule is CC(C)c1ccc2c(=O)n(C)ccc2c1. The van der Waals surface area contributed by atoms with Gasteiger partial charge < -0.3 is 4.57 Å². The fraction of sp³-hybridized carbons (Fsp3) is 0.308. The normalized spacial score (nSPS) is 11.2. The third-order valence-corrected chi connectivity index (χ3v) is 2.77. The van der Waals surface area contributed by atoms with Crippen molar-refractivity contribution in [3.05, 3.63) is 46.4 Å². The molecule has 1 aromatic carbocycles. The highest BCUT2D eigenvalue weighted by molar-refractivity contribution is 5.82. The zero-order chi connectivity index (χ0) is 11.0. The van der Waals surface area contributed by atoms with E-state index in [1.165, 1.54) is 5.56 Å². The standard InChI is InChI=1S/C13H15NO/c1-9(2)10-4-5-12-11(8-10)6-7-14(3)13(12)15/h4-9H,1-3H3. The van der Waals surface area contributed by atoms with Crippen LogP contribution in [0, 0.1) is 0 Å². The largest absolute Gasteiger partial charge is 0.318 e. The number of rotatable bonds is 1. The van der Waals surface area contributed by atoms with Crippen molar-refractivity contribution in [3.63, 3.8) is 0 Å². The monoisotopic (exact) mass is 201 g/mol. The summed E-state index contributed by atoms with van der Waals surface area (Å²) in [4.78, 5) is 11.8. The molecular formula is C13H15NO. The lowest BCUT2D eigenvalue weighted by atomic mass is 10.0. The number of pyridine rings is 1. The maximum atomic E-state index is 11.8. The van der Waals surface area contributed by atoms with E-state index in [9.17, 15) is 4.79 Å². The minimum Gasteiger partial charge on any atom is -0.318 e. The molecule has 0 radical (unpaired) electrons. The van der Waals surface area contributed by atoms with Crippen LogP contribution in [0.15, 0.2) is 35.3 Å². The molecular weight excluding hydrogens is 186 g/mol. The summed E-state index contributed by atoms with van der Waals surface area (Å²) < 4.78 is 1.61. The summed E-state index contributed by atoms with van der Waals surface area (Å²) in [6.07, 6.45) is 1.81. The molecule has 2 aromatic rings. The van der Waals surface area contributed by atoms with Crippen LogP contribution < -0.4 is 5.56 Å². The highest BCUT2D eigenvalue weighted by atomic mass is 16.1. The lowest BCUT2D eigenvalue weighted by Gasteiger charge is -2.07. The smallest absolute Gasteiger partial charge is 0.258 e. The Labute approximate surface area is 89.2 Å². The molecule has 0 bridgehead atoms. The van der Waals surface area contributed by atoms with Crippen LogP contribution in [0.2, 0.25) is 0 Å². The fourth-order valence-electron chi connectivity index (χ4n) is 1.72. The fourth-order valence-corrected chi connectivity index (χ4v) is 1.72. The summed E-state index contributed by atoms with van der Waals surface area (Å²) in [6.45, 7) is 4.31. The van der Waals surface area contributed by atoms with Gasteiger partial charge in [-0.05, 0) is 29.0 Å². The maximum Gasteiger partial charge on any atom is 0.258 e. The van der Waals surface area contributed by atoms with Crippen LogP contribution in [0.25, 0.3) is 10.8 Å². The summed E-state index contributed by atoms with van der Waals surface area (Å²) in [5.74, 6) is 0.499. The van der Waals surface area contributed by atoms with Crippen molar-refractivity contribution in [3.8, 4) is 0 Å². The summed E-state index contributed by atoms with van der Waals surface area (Å²) in [7, 11) is 1.78. The second-order valence-electron chi connectivity index (χ2n) is 4.23. The minimum absolute atomic E-state index is 0.0720. The molecule has 1 heterocycles. The first kappa shape index (κ1) is 9.97. The molecule has 1 aromatic heterocycles. The number of hydrogen-bond acceptors (Lipinski definition) is 1. The number of benzene rings is 1. The van der Waals surface area contributed by atoms with Crippen molar-refractivity contribution in [2.45, 2.75) is 19.8 Å². The van der Waals surface area contributed by atoms with Gasteiger partial charge >= 0.3 is 0 Å². The van der Waals surface area contributed by atoms with Crippen LogP contribution in [-0.2, 0) is 7.05 Å². The van der Waals surface area contributed by atoms with Crippen LogP contribution in [0.5, 0.6) is 0 Å². The Kier molecular flexibility index (Phi) is 2.35. The molecule has 0 amide bonds. The average Bonchev–Trinajstić information content (AvgIpc) is 2.23. The van der Waals surface area contributed by atoms with Crippen LogP contribution in [-0.4, -0.2) is 4.57 Å². The Morgan fingerprint density at radius 3 is 2.60 bits per heavy atom. The molecule has 2 rings (SSSR count). The number of fused-ring (bicyclic) bond motifs is 1. The number of aromatic nitrogens is 1. The van der Waals surface area contributed by atoms with Crippen molar-refractivity contribution >= 4 is 10.8 Å². The van der Waals surface area contributed by atoms with Gasteiger partial charge in [0.25, 0.3) is 5.56 Å². The van der Waals surface area contributed by atoms with Gasteiger partial charge in [-0.1, -0.05) is 26.0 Å². The van der Waals surface area contributed by atoms with Gasteiger partial charge in [0.15, 0.2) is 0 Å². The summed E-state index contributed by atoms with van der Waals surface area (Å²) >= 11 is 0. The van der Waals surface area contributed by atoms with Gasteiger partial charge in [0.1, 0.15) is 0 Å². The molecule has 0 fully saturated rings. The van der Waals surface area contributed by atoms with Crippen molar-refractivity contribution in [1.29, 1.82) is 0 Å². The van der Waals surface area contributed by atoms with E-state index < -0.39 is 0 Å². The molecule has 0 aliphatic heterocycles. The average molecular weight is 201 g/mol. The van der Waals surface area contributed by atoms with Crippen LogP contribution in [0.4, 0.5) is 0 Å². The van der Waals surface area contributed by atoms with Crippen molar-refractivity contribution in [2.24, 2.45) is 7.05 Å². The van der Waals surface area contributed by atoms with Gasteiger partial charge in [0.05, 0.1) is 0 Å². The van der Waals surface area contributed by atoms with Crippen LogP contribution >= 0.6 is 0 Å². The molecule has 0 aliphatic carbocycles. The minimum atomic E-state index is 0.0720. The molecule has 0 saturated carbocycles. The summed E-state index contributed by atoms with van der Waals surface area (Å²) in [6, 6.07) is 8.05. The lowest BCUT2D eigenvalue weighted by molar-refractivity contribution is 0.862. The first-order valence-corrected chi connectivity index (χ1v) is 5.19. The van der Waals surface area contributed by atoms with E-state index in [0.717, 1.165) is 10.8 Å². The second-order valence-corrected chi connectivity index (χ2v) is 4.23. The molecule has 0 unspecified atom stereocenters. The summed E-state index contributed by atoms with van der Waals surface area (Å²) in [5.41, 5.74) is 1.35. The number of nitrogens with zero attached hydrogens (tertiary/aromatic N) is 1. The van der Waals surface area contributed by atoms with Gasteiger partial charge in [-0.15, -0.1) is 0 Å². The van der Waals surface area contributed by atoms with Crippen molar-refractivity contribution in [1.82, 2.24) is 4.57 Å². The third kappa shape index (κ3) is 1.67. The maximum absolute atomic E-state index is 11.8. The van der Waals surface area contributed by atoms with Gasteiger partial charge in [-0.3, -0.25) is 4.79 Å². The molecule has 0 N–H and O–H groups in total. The van der Waals surface area contributed by atoms with E-state index in [0.29, 0.717) is 5.92 Å². The second kappa shape index (κ2) is 3.54. The van der Waals surface area contributed by atoms with Crippen molar-refractivity contribution in [2.75, 3.05) is 0 Å². The molecule has 2 nitrogen and oxygen atoms in total. The van der Waals surface area contributed by atoms with Gasteiger partial charge in [-0.25, -0.2) is 0 Å². The van der Waals surface area contributed by atoms with Crippen molar-refractivity contribution < 1.29 is 0 Å². The van der Waals surface area contributed by atoms with Crippen LogP contribution in [0.1, 0.15) is 25.3 Å². The van der Waals surface area contributed by atoms with E-state index in [1.807, 2.05) is 24.4 Å². The Morgan fingerprint density at radius 2 is 1.93 bits per heavy atom. The molecule has 0 aliphatic rings. The van der Waals surface area contributed by atoms with Gasteiger partial charge in [0.2, 0.25) is 0 Å². The van der Waals surface area contributed by atoms with Gasteiger partial charge in [-0.2, -0.15) is 0 Å². The first-order valence-electron chi connectivity index (χ1n) is 5.19. The molecule has 2 heteroatoms. The van der Waals surface area contributed by atoms with E-state index in [1.54, 1.807) is 11.6 Å². The highest BCUT2D eigenvalue weighted by Crippen LogP contribution is 2.18. The molecule has 0 spiro atoms. The number of hydrogen-bond donors (Lipinski definition) is 0. The predicted octanol–water partition coefficient (Wildman–Crippen LogP) is 2.66. The highest BCUT2D eigenvalue weighted by Gasteiger charge is 2.03. The Hall–Kier alpha value is -1.57. The van der Waals surface area contributed by atoms with E-state index in [2.05, 4.69) is 19.9 Å². The van der Waals surface area contributed by atoms with Crippen LogP contribution in [0.3, 0.4) is 0 Å².